The molecule has 96 valence electrons. The summed E-state index contributed by atoms with van der Waals surface area (Å²) < 4.78 is 0. The van der Waals surface area contributed by atoms with Crippen molar-refractivity contribution in [3.8, 4) is 6.07 Å². The van der Waals surface area contributed by atoms with Gasteiger partial charge in [-0.05, 0) is 56.7 Å². The van der Waals surface area contributed by atoms with Crippen molar-refractivity contribution in [1.82, 2.24) is 15.0 Å². The van der Waals surface area contributed by atoms with Crippen LogP contribution in [0, 0.1) is 39.0 Å². The molecule has 0 aromatic carbocycles. The maximum Gasteiger partial charge on any atom is 0.194 e. The van der Waals surface area contributed by atoms with Crippen LogP contribution in [-0.2, 0) is 0 Å². The number of pyridine rings is 1. The third kappa shape index (κ3) is 2.74. The van der Waals surface area contributed by atoms with Crippen molar-refractivity contribution in [1.29, 1.82) is 5.26 Å². The molecule has 0 spiro atoms. The Balaban J connectivity index is 2.43. The lowest BCUT2D eigenvalue weighted by molar-refractivity contribution is 0.877. The van der Waals surface area contributed by atoms with E-state index in [1.807, 2.05) is 33.8 Å². The van der Waals surface area contributed by atoms with E-state index in [9.17, 15) is 5.26 Å². The van der Waals surface area contributed by atoms with Gasteiger partial charge < -0.3 is 0 Å². The van der Waals surface area contributed by atoms with Gasteiger partial charge in [0.15, 0.2) is 5.16 Å². The molecule has 4 nitrogen and oxygen atoms in total. The van der Waals surface area contributed by atoms with E-state index in [4.69, 9.17) is 0 Å². The van der Waals surface area contributed by atoms with E-state index in [-0.39, 0.29) is 0 Å². The molecule has 0 saturated carbocycles. The van der Waals surface area contributed by atoms with Crippen LogP contribution in [0.1, 0.15) is 28.1 Å². The molecule has 0 bridgehead atoms. The Morgan fingerprint density at radius 3 is 2.32 bits per heavy atom. The fourth-order valence-corrected chi connectivity index (χ4v) is 2.58. The molecule has 0 aliphatic rings. The summed E-state index contributed by atoms with van der Waals surface area (Å²) in [6.07, 6.45) is 1.70. The summed E-state index contributed by atoms with van der Waals surface area (Å²) in [6, 6.07) is 4.01. The number of hydrogen-bond acceptors (Lipinski definition) is 5. The molecule has 0 unspecified atom stereocenters. The Morgan fingerprint density at radius 2 is 1.74 bits per heavy atom. The highest BCUT2D eigenvalue weighted by molar-refractivity contribution is 7.99. The minimum atomic E-state index is 0.590. The second-order valence-electron chi connectivity index (χ2n) is 4.32. The van der Waals surface area contributed by atoms with Gasteiger partial charge in [-0.2, -0.15) is 5.26 Å². The molecular formula is C14H14N4S. The van der Waals surface area contributed by atoms with Gasteiger partial charge >= 0.3 is 0 Å². The van der Waals surface area contributed by atoms with Crippen LogP contribution in [0.2, 0.25) is 0 Å². The zero-order chi connectivity index (χ0) is 14.0. The number of nitrogens with zero attached hydrogens (tertiary/aromatic N) is 4. The first-order valence-electron chi connectivity index (χ1n) is 5.88. The van der Waals surface area contributed by atoms with Gasteiger partial charge in [0.2, 0.25) is 0 Å². The summed E-state index contributed by atoms with van der Waals surface area (Å²) in [5.41, 5.74) is 4.52. The fourth-order valence-electron chi connectivity index (χ4n) is 1.62. The molecule has 2 heterocycles. The molecule has 0 N–H and O–H groups in total. The zero-order valence-corrected chi connectivity index (χ0v) is 12.2. The first-order chi connectivity index (χ1) is 9.02. The Morgan fingerprint density at radius 1 is 1.11 bits per heavy atom. The molecule has 2 aromatic rings. The van der Waals surface area contributed by atoms with Gasteiger partial charge in [-0.15, -0.1) is 0 Å². The average molecular weight is 270 g/mol. The van der Waals surface area contributed by atoms with E-state index in [2.05, 4.69) is 21.0 Å². The van der Waals surface area contributed by atoms with Crippen molar-refractivity contribution in [3.05, 3.63) is 40.3 Å². The number of aryl methyl sites for hydroxylation is 3. The molecular weight excluding hydrogens is 256 g/mol. The lowest BCUT2D eigenvalue weighted by Crippen LogP contribution is -1.99. The summed E-state index contributed by atoms with van der Waals surface area (Å²) in [6.45, 7) is 7.83. The summed E-state index contributed by atoms with van der Waals surface area (Å²) in [5.74, 6) is 0. The Hall–Kier alpha value is -1.93. The Labute approximate surface area is 116 Å². The van der Waals surface area contributed by atoms with Gasteiger partial charge in [0.25, 0.3) is 0 Å². The number of hydrogen-bond donors (Lipinski definition) is 0. The molecule has 0 amide bonds. The van der Waals surface area contributed by atoms with Crippen LogP contribution in [0.15, 0.2) is 22.4 Å². The normalized spacial score (nSPS) is 10.3. The average Bonchev–Trinajstić information content (AvgIpc) is 2.36. The molecule has 0 radical (unpaired) electrons. The van der Waals surface area contributed by atoms with Crippen molar-refractivity contribution >= 4 is 11.8 Å². The number of nitriles is 1. The van der Waals surface area contributed by atoms with Crippen LogP contribution in [0.3, 0.4) is 0 Å². The van der Waals surface area contributed by atoms with Crippen molar-refractivity contribution in [3.63, 3.8) is 0 Å². The van der Waals surface area contributed by atoms with Gasteiger partial charge in [0, 0.05) is 17.6 Å². The zero-order valence-electron chi connectivity index (χ0n) is 11.4. The fraction of sp³-hybridized carbons (Fsp3) is 0.286. The molecule has 0 atom stereocenters. The molecule has 2 rings (SSSR count). The van der Waals surface area contributed by atoms with E-state index in [0.29, 0.717) is 15.7 Å². The van der Waals surface area contributed by atoms with Gasteiger partial charge in [-0.1, -0.05) is 0 Å². The highest BCUT2D eigenvalue weighted by atomic mass is 32.2. The van der Waals surface area contributed by atoms with Crippen LogP contribution < -0.4 is 0 Å². The molecule has 5 heteroatoms. The topological polar surface area (TPSA) is 62.5 Å². The van der Waals surface area contributed by atoms with Crippen molar-refractivity contribution in [2.75, 3.05) is 0 Å². The van der Waals surface area contributed by atoms with E-state index >= 15 is 0 Å². The highest BCUT2D eigenvalue weighted by Crippen LogP contribution is 2.28. The molecule has 0 aliphatic carbocycles. The minimum Gasteiger partial charge on any atom is -0.248 e. The second kappa shape index (κ2) is 5.37. The van der Waals surface area contributed by atoms with Crippen LogP contribution in [0.25, 0.3) is 0 Å². The van der Waals surface area contributed by atoms with Crippen molar-refractivity contribution in [2.24, 2.45) is 0 Å². The number of aromatic nitrogens is 3. The van der Waals surface area contributed by atoms with Crippen molar-refractivity contribution < 1.29 is 0 Å². The summed E-state index contributed by atoms with van der Waals surface area (Å²) >= 11 is 1.33. The van der Waals surface area contributed by atoms with Gasteiger partial charge in [-0.25, -0.2) is 15.0 Å². The first-order valence-corrected chi connectivity index (χ1v) is 6.70. The van der Waals surface area contributed by atoms with Gasteiger partial charge in [0.05, 0.1) is 5.56 Å². The molecule has 0 fully saturated rings. The van der Waals surface area contributed by atoms with Crippen LogP contribution in [0.4, 0.5) is 0 Å². The van der Waals surface area contributed by atoms with Crippen LogP contribution in [-0.4, -0.2) is 15.0 Å². The van der Waals surface area contributed by atoms with E-state index in [1.54, 1.807) is 6.20 Å². The Bertz CT molecular complexity index is 651. The highest BCUT2D eigenvalue weighted by Gasteiger charge is 2.12. The van der Waals surface area contributed by atoms with Gasteiger partial charge in [0.1, 0.15) is 11.1 Å². The number of rotatable bonds is 2. The van der Waals surface area contributed by atoms with E-state index in [1.165, 1.54) is 11.8 Å². The molecule has 0 aliphatic heterocycles. The minimum absolute atomic E-state index is 0.590. The quantitative estimate of drug-likeness (QED) is 0.784. The van der Waals surface area contributed by atoms with Gasteiger partial charge in [-0.3, -0.25) is 0 Å². The lowest BCUT2D eigenvalue weighted by Gasteiger charge is -2.07. The molecule has 2 aromatic heterocycles. The monoisotopic (exact) mass is 270 g/mol. The van der Waals surface area contributed by atoms with Crippen LogP contribution >= 0.6 is 11.8 Å². The molecule has 0 saturated heterocycles. The maximum absolute atomic E-state index is 9.19. The predicted octanol–water partition coefficient (Wildman–Crippen LogP) is 3.13. The third-order valence-electron chi connectivity index (χ3n) is 3.04. The van der Waals surface area contributed by atoms with Crippen LogP contribution in [0.5, 0.6) is 0 Å². The summed E-state index contributed by atoms with van der Waals surface area (Å²) in [7, 11) is 0. The maximum atomic E-state index is 9.19. The van der Waals surface area contributed by atoms with E-state index in [0.717, 1.165) is 22.5 Å². The second-order valence-corrected chi connectivity index (χ2v) is 5.28. The Kier molecular flexibility index (Phi) is 3.82. The largest absolute Gasteiger partial charge is 0.248 e. The third-order valence-corrected chi connectivity index (χ3v) is 3.90. The smallest absolute Gasteiger partial charge is 0.194 e. The standard InChI is InChI=1S/C14H14N4S/c1-8-5-6-16-13(12(8)7-15)19-14-17-10(3)9(2)11(4)18-14/h5-6H,1-4H3. The summed E-state index contributed by atoms with van der Waals surface area (Å²) in [4.78, 5) is 13.1. The predicted molar refractivity (Wildman–Crippen MR) is 74.1 cm³/mol. The lowest BCUT2D eigenvalue weighted by atomic mass is 10.2. The van der Waals surface area contributed by atoms with E-state index < -0.39 is 0 Å². The van der Waals surface area contributed by atoms with Crippen molar-refractivity contribution in [2.45, 2.75) is 37.9 Å². The SMILES string of the molecule is Cc1ccnc(Sc2nc(C)c(C)c(C)n2)c1C#N. The molecule has 19 heavy (non-hydrogen) atoms. The first kappa shape index (κ1) is 13.5. The summed E-state index contributed by atoms with van der Waals surface area (Å²) in [5, 5.41) is 10.5.